The van der Waals surface area contributed by atoms with Gasteiger partial charge in [-0.05, 0) is 30.9 Å². The van der Waals surface area contributed by atoms with Crippen LogP contribution in [0.15, 0.2) is 32.6 Å². The fraction of sp³-hybridized carbons (Fsp3) is 0.429. The second-order valence-electron chi connectivity index (χ2n) is 5.55. The Morgan fingerprint density at radius 3 is 2.68 bits per heavy atom. The van der Waals surface area contributed by atoms with E-state index in [1.807, 2.05) is 0 Å². The number of aromatic amines is 1. The van der Waals surface area contributed by atoms with Crippen molar-refractivity contribution in [3.05, 3.63) is 33.9 Å². The molecular weight excluding hydrogens is 322 g/mol. The van der Waals surface area contributed by atoms with E-state index in [9.17, 15) is 13.2 Å². The number of piperidine rings is 1. The van der Waals surface area contributed by atoms with E-state index in [0.29, 0.717) is 34.5 Å². The Kier molecular flexibility index (Phi) is 4.16. The van der Waals surface area contributed by atoms with Crippen LogP contribution < -0.4 is 5.56 Å². The molecule has 2 aromatic heterocycles. The first-order valence-electron chi connectivity index (χ1n) is 7.11. The number of rotatable bonds is 3. The molecule has 1 N–H and O–H groups in total. The zero-order valence-corrected chi connectivity index (χ0v) is 13.8. The number of nitrogens with one attached hydrogen (secondary N) is 1. The summed E-state index contributed by atoms with van der Waals surface area (Å²) < 4.78 is 27.2. The van der Waals surface area contributed by atoms with Crippen LogP contribution >= 0.6 is 11.3 Å². The minimum atomic E-state index is -3.43. The van der Waals surface area contributed by atoms with Gasteiger partial charge in [0.2, 0.25) is 0 Å². The fourth-order valence-electron chi connectivity index (χ4n) is 2.44. The summed E-state index contributed by atoms with van der Waals surface area (Å²) in [7, 11) is -3.43. The topological polar surface area (TPSA) is 83.1 Å². The van der Waals surface area contributed by atoms with Crippen LogP contribution in [0.4, 0.5) is 0 Å². The van der Waals surface area contributed by atoms with Crippen LogP contribution in [-0.4, -0.2) is 36.0 Å². The molecule has 0 bridgehead atoms. The summed E-state index contributed by atoms with van der Waals surface area (Å²) in [4.78, 5) is 11.0. The maximum Gasteiger partial charge on any atom is 0.264 e. The van der Waals surface area contributed by atoms with E-state index in [1.165, 1.54) is 17.4 Å². The van der Waals surface area contributed by atoms with Gasteiger partial charge in [0.1, 0.15) is 4.21 Å². The molecule has 6 nitrogen and oxygen atoms in total. The first-order chi connectivity index (χ1) is 10.5. The summed E-state index contributed by atoms with van der Waals surface area (Å²) in [5.74, 6) is 0.579. The molecule has 2 aromatic rings. The molecule has 8 heteroatoms. The lowest BCUT2D eigenvalue weighted by Crippen LogP contribution is -2.37. The molecule has 1 saturated heterocycles. The predicted molar refractivity (Wildman–Crippen MR) is 85.3 cm³/mol. The van der Waals surface area contributed by atoms with E-state index < -0.39 is 10.0 Å². The molecule has 1 aliphatic rings. The van der Waals surface area contributed by atoms with E-state index in [4.69, 9.17) is 0 Å². The summed E-state index contributed by atoms with van der Waals surface area (Å²) in [6.45, 7) is 3.30. The van der Waals surface area contributed by atoms with Crippen molar-refractivity contribution < 1.29 is 8.42 Å². The molecule has 1 fully saturated rings. The Balaban J connectivity index is 1.86. The number of nitrogens with zero attached hydrogens (tertiary/aromatic N) is 2. The van der Waals surface area contributed by atoms with Gasteiger partial charge in [0.05, 0.1) is 5.69 Å². The molecule has 3 rings (SSSR count). The number of sulfonamides is 1. The van der Waals surface area contributed by atoms with Crippen LogP contribution in [0.1, 0.15) is 19.8 Å². The third-order valence-corrected chi connectivity index (χ3v) is 7.20. The van der Waals surface area contributed by atoms with E-state index >= 15 is 0 Å². The van der Waals surface area contributed by atoms with Gasteiger partial charge in [0, 0.05) is 30.1 Å². The van der Waals surface area contributed by atoms with E-state index in [0.717, 1.165) is 12.8 Å². The van der Waals surface area contributed by atoms with Gasteiger partial charge in [-0.1, -0.05) is 6.92 Å². The smallest absolute Gasteiger partial charge is 0.264 e. The molecule has 0 aliphatic carbocycles. The highest BCUT2D eigenvalue weighted by molar-refractivity contribution is 7.91. The van der Waals surface area contributed by atoms with Gasteiger partial charge in [0.25, 0.3) is 15.6 Å². The largest absolute Gasteiger partial charge is 0.268 e. The van der Waals surface area contributed by atoms with Crippen molar-refractivity contribution in [1.29, 1.82) is 0 Å². The molecule has 0 atom stereocenters. The number of thiophene rings is 1. The van der Waals surface area contributed by atoms with E-state index in [-0.39, 0.29) is 5.56 Å². The van der Waals surface area contributed by atoms with Gasteiger partial charge in [-0.25, -0.2) is 13.5 Å². The maximum absolute atomic E-state index is 12.7. The summed E-state index contributed by atoms with van der Waals surface area (Å²) in [5.41, 5.74) is 0.976. The lowest BCUT2D eigenvalue weighted by molar-refractivity contribution is 0.288. The molecule has 1 aliphatic heterocycles. The summed E-state index contributed by atoms with van der Waals surface area (Å²) in [6.07, 6.45) is 1.80. The summed E-state index contributed by atoms with van der Waals surface area (Å²) in [6, 6.07) is 4.58. The summed E-state index contributed by atoms with van der Waals surface area (Å²) >= 11 is 1.19. The normalized spacial score (nSPS) is 17.7. The molecule has 0 aromatic carbocycles. The number of hydrogen-bond donors (Lipinski definition) is 1. The molecule has 3 heterocycles. The third kappa shape index (κ3) is 2.99. The van der Waals surface area contributed by atoms with Crippen LogP contribution in [0.5, 0.6) is 0 Å². The van der Waals surface area contributed by atoms with Crippen LogP contribution in [0.3, 0.4) is 0 Å². The van der Waals surface area contributed by atoms with Crippen molar-refractivity contribution in [2.24, 2.45) is 5.92 Å². The Morgan fingerprint density at radius 2 is 2.05 bits per heavy atom. The second-order valence-corrected chi connectivity index (χ2v) is 8.62. The quantitative estimate of drug-likeness (QED) is 0.926. The highest BCUT2D eigenvalue weighted by atomic mass is 32.2. The van der Waals surface area contributed by atoms with Crippen LogP contribution in [0, 0.1) is 5.92 Å². The molecule has 0 saturated carbocycles. The van der Waals surface area contributed by atoms with Gasteiger partial charge in [-0.2, -0.15) is 9.40 Å². The molecule has 0 spiro atoms. The SMILES string of the molecule is CC1CCN(S(=O)(=O)c2cc(-c3ccc(=O)[nH]n3)cs2)CC1. The summed E-state index contributed by atoms with van der Waals surface area (Å²) in [5, 5.41) is 8.03. The molecule has 118 valence electrons. The minimum Gasteiger partial charge on any atom is -0.268 e. The zero-order chi connectivity index (χ0) is 15.7. The van der Waals surface area contributed by atoms with Crippen molar-refractivity contribution in [3.8, 4) is 11.3 Å². The minimum absolute atomic E-state index is 0.283. The zero-order valence-electron chi connectivity index (χ0n) is 12.2. The van der Waals surface area contributed by atoms with Crippen LogP contribution in [0.25, 0.3) is 11.3 Å². The number of hydrogen-bond acceptors (Lipinski definition) is 5. The number of H-pyrrole nitrogens is 1. The standard InChI is InChI=1S/C14H17N3O3S2/c1-10-4-6-17(7-5-10)22(19,20)14-8-11(9-21-14)12-2-3-13(18)16-15-12/h2-3,8-10H,4-7H2,1H3,(H,16,18). The third-order valence-electron chi connectivity index (χ3n) is 3.89. The van der Waals surface area contributed by atoms with Crippen molar-refractivity contribution >= 4 is 21.4 Å². The first-order valence-corrected chi connectivity index (χ1v) is 9.43. The lowest BCUT2D eigenvalue weighted by Gasteiger charge is -2.28. The van der Waals surface area contributed by atoms with Crippen LogP contribution in [-0.2, 0) is 10.0 Å². The van der Waals surface area contributed by atoms with Crippen molar-refractivity contribution in [3.63, 3.8) is 0 Å². The van der Waals surface area contributed by atoms with Gasteiger partial charge in [-0.15, -0.1) is 11.3 Å². The Hall–Kier alpha value is -1.51. The van der Waals surface area contributed by atoms with Gasteiger partial charge in [-0.3, -0.25) is 4.79 Å². The highest BCUT2D eigenvalue weighted by Crippen LogP contribution is 2.30. The fourth-order valence-corrected chi connectivity index (χ4v) is 5.24. The van der Waals surface area contributed by atoms with E-state index in [1.54, 1.807) is 21.8 Å². The van der Waals surface area contributed by atoms with Gasteiger partial charge in [0.15, 0.2) is 0 Å². The molecule has 0 unspecified atom stereocenters. The molecular formula is C14H17N3O3S2. The van der Waals surface area contributed by atoms with Crippen molar-refractivity contribution in [1.82, 2.24) is 14.5 Å². The first kappa shape index (κ1) is 15.4. The predicted octanol–water partition coefficient (Wildman–Crippen LogP) is 1.92. The van der Waals surface area contributed by atoms with Crippen LogP contribution in [0.2, 0.25) is 0 Å². The van der Waals surface area contributed by atoms with Crippen molar-refractivity contribution in [2.45, 2.75) is 24.0 Å². The maximum atomic E-state index is 12.7. The second kappa shape index (κ2) is 5.94. The monoisotopic (exact) mass is 339 g/mol. The average Bonchev–Trinajstić information content (AvgIpc) is 2.99. The number of aromatic nitrogens is 2. The van der Waals surface area contributed by atoms with Crippen molar-refractivity contribution in [2.75, 3.05) is 13.1 Å². The highest BCUT2D eigenvalue weighted by Gasteiger charge is 2.29. The molecule has 22 heavy (non-hydrogen) atoms. The Morgan fingerprint density at radius 1 is 1.32 bits per heavy atom. The average molecular weight is 339 g/mol. The lowest BCUT2D eigenvalue weighted by atomic mass is 10.0. The Labute approximate surface area is 132 Å². The van der Waals surface area contributed by atoms with Gasteiger partial charge < -0.3 is 0 Å². The van der Waals surface area contributed by atoms with Gasteiger partial charge >= 0.3 is 0 Å². The molecule has 0 amide bonds. The van der Waals surface area contributed by atoms with E-state index in [2.05, 4.69) is 17.1 Å². The molecule has 0 radical (unpaired) electrons. The Bertz CT molecular complexity index is 797.